The van der Waals surface area contributed by atoms with Crippen LogP contribution in [0.25, 0.3) is 0 Å². The molecule has 31 heavy (non-hydrogen) atoms. The molecule has 4 rings (SSSR count). The summed E-state index contributed by atoms with van der Waals surface area (Å²) in [4.78, 5) is 28.9. The predicted octanol–water partition coefficient (Wildman–Crippen LogP) is 0.726. The van der Waals surface area contributed by atoms with Gasteiger partial charge >= 0.3 is 0 Å². The van der Waals surface area contributed by atoms with Crippen molar-refractivity contribution in [1.29, 1.82) is 0 Å². The SMILES string of the molecule is CC[NH+]1CCN(c2nc(C)nc3c2CN(C(=O)c2c(OC)cccc2OC)CC3)CC1. The van der Waals surface area contributed by atoms with E-state index >= 15 is 0 Å². The molecule has 2 aliphatic rings. The number of aryl methyl sites for hydroxylation is 1. The smallest absolute Gasteiger partial charge is 0.261 e. The minimum absolute atomic E-state index is 0.0910. The van der Waals surface area contributed by atoms with Crippen molar-refractivity contribution < 1.29 is 19.2 Å². The molecule has 1 amide bonds. The summed E-state index contributed by atoms with van der Waals surface area (Å²) in [7, 11) is 3.15. The quantitative estimate of drug-likeness (QED) is 0.760. The van der Waals surface area contributed by atoms with Gasteiger partial charge in [0, 0.05) is 18.5 Å². The van der Waals surface area contributed by atoms with Gasteiger partial charge in [-0.15, -0.1) is 0 Å². The second kappa shape index (κ2) is 9.09. The molecule has 0 aliphatic carbocycles. The lowest BCUT2D eigenvalue weighted by atomic mass is 10.0. The van der Waals surface area contributed by atoms with Crippen LogP contribution in [0.5, 0.6) is 11.5 Å². The van der Waals surface area contributed by atoms with Gasteiger partial charge in [-0.2, -0.15) is 0 Å². The van der Waals surface area contributed by atoms with Crippen LogP contribution in [0.15, 0.2) is 18.2 Å². The van der Waals surface area contributed by atoms with Crippen molar-refractivity contribution in [3.05, 3.63) is 40.8 Å². The van der Waals surface area contributed by atoms with Crippen LogP contribution in [-0.4, -0.2) is 74.3 Å². The molecule has 0 saturated carbocycles. The van der Waals surface area contributed by atoms with Crippen LogP contribution in [0, 0.1) is 6.92 Å². The molecule has 0 bridgehead atoms. The molecule has 2 aromatic rings. The normalized spacial score (nSPS) is 16.8. The monoisotopic (exact) mass is 426 g/mol. The first-order valence-electron chi connectivity index (χ1n) is 11.0. The highest BCUT2D eigenvalue weighted by Gasteiger charge is 2.31. The molecule has 8 nitrogen and oxygen atoms in total. The Morgan fingerprint density at radius 1 is 1.10 bits per heavy atom. The van der Waals surface area contributed by atoms with Crippen LogP contribution in [-0.2, 0) is 13.0 Å². The lowest BCUT2D eigenvalue weighted by molar-refractivity contribution is -0.898. The van der Waals surface area contributed by atoms with Gasteiger partial charge in [0.15, 0.2) is 0 Å². The maximum atomic E-state index is 13.5. The van der Waals surface area contributed by atoms with Gasteiger partial charge in [-0.1, -0.05) is 6.07 Å². The summed E-state index contributed by atoms with van der Waals surface area (Å²) < 4.78 is 10.9. The fraction of sp³-hybridized carbons (Fsp3) is 0.522. The minimum Gasteiger partial charge on any atom is -0.496 e. The van der Waals surface area contributed by atoms with Gasteiger partial charge in [-0.05, 0) is 26.0 Å². The number of methoxy groups -OCH3 is 2. The van der Waals surface area contributed by atoms with Crippen LogP contribution >= 0.6 is 0 Å². The van der Waals surface area contributed by atoms with Gasteiger partial charge < -0.3 is 24.2 Å². The van der Waals surface area contributed by atoms with E-state index in [2.05, 4.69) is 11.8 Å². The van der Waals surface area contributed by atoms with Crippen LogP contribution < -0.4 is 19.3 Å². The maximum Gasteiger partial charge on any atom is 0.261 e. The Hall–Kier alpha value is -2.87. The number of nitrogens with one attached hydrogen (secondary N) is 1. The number of hydrogen-bond acceptors (Lipinski definition) is 6. The number of fused-ring (bicyclic) bond motifs is 1. The number of rotatable bonds is 5. The molecular weight excluding hydrogens is 394 g/mol. The average molecular weight is 427 g/mol. The summed E-state index contributed by atoms with van der Waals surface area (Å²) in [6.07, 6.45) is 0.717. The molecule has 166 valence electrons. The number of carbonyl (C=O) groups is 1. The Balaban J connectivity index is 1.64. The first-order chi connectivity index (χ1) is 15.0. The zero-order valence-electron chi connectivity index (χ0n) is 18.9. The number of nitrogens with zero attached hydrogens (tertiary/aromatic N) is 4. The topological polar surface area (TPSA) is 72.2 Å². The first kappa shape index (κ1) is 21.4. The summed E-state index contributed by atoms with van der Waals surface area (Å²) in [5.41, 5.74) is 2.59. The first-order valence-corrected chi connectivity index (χ1v) is 11.0. The summed E-state index contributed by atoms with van der Waals surface area (Å²) >= 11 is 0. The van der Waals surface area contributed by atoms with E-state index in [-0.39, 0.29) is 5.91 Å². The van der Waals surface area contributed by atoms with Crippen LogP contribution in [0.3, 0.4) is 0 Å². The van der Waals surface area contributed by atoms with Crippen molar-refractivity contribution in [1.82, 2.24) is 14.9 Å². The Kier molecular flexibility index (Phi) is 6.27. The molecule has 1 aromatic carbocycles. The lowest BCUT2D eigenvalue weighted by Gasteiger charge is -2.36. The number of carbonyl (C=O) groups excluding carboxylic acids is 1. The molecule has 1 N–H and O–H groups in total. The van der Waals surface area contributed by atoms with Crippen molar-refractivity contribution in [2.75, 3.05) is 58.4 Å². The summed E-state index contributed by atoms with van der Waals surface area (Å²) in [6.45, 7) is 10.6. The predicted molar refractivity (Wildman–Crippen MR) is 118 cm³/mol. The third-order valence-corrected chi connectivity index (χ3v) is 6.35. The second-order valence-corrected chi connectivity index (χ2v) is 8.12. The molecule has 0 unspecified atom stereocenters. The number of ether oxygens (including phenoxy) is 2. The minimum atomic E-state index is -0.0910. The summed E-state index contributed by atoms with van der Waals surface area (Å²) in [5, 5.41) is 0. The van der Waals surface area contributed by atoms with E-state index in [0.717, 1.165) is 62.0 Å². The second-order valence-electron chi connectivity index (χ2n) is 8.12. The average Bonchev–Trinajstić information content (AvgIpc) is 2.82. The molecule has 8 heteroatoms. The molecule has 3 heterocycles. The Bertz CT molecular complexity index is 934. The Morgan fingerprint density at radius 3 is 2.39 bits per heavy atom. The molecule has 1 saturated heterocycles. The van der Waals surface area contributed by atoms with Crippen molar-refractivity contribution in [3.63, 3.8) is 0 Å². The summed E-state index contributed by atoms with van der Waals surface area (Å²) in [5.74, 6) is 2.74. The van der Waals surface area contributed by atoms with E-state index in [4.69, 9.17) is 19.4 Å². The zero-order chi connectivity index (χ0) is 22.0. The third-order valence-electron chi connectivity index (χ3n) is 6.35. The number of piperazine rings is 1. The number of benzene rings is 1. The molecule has 0 spiro atoms. The standard InChI is InChI=1S/C23H31N5O3/c1-5-26-11-13-27(14-12-26)22-17-15-28(10-9-18(17)24-16(2)25-22)23(29)21-19(30-3)7-6-8-20(21)31-4/h6-8H,5,9-15H2,1-4H3/p+1. The molecule has 0 atom stereocenters. The number of likely N-dealkylation sites (N-methyl/N-ethyl adjacent to an activating group) is 1. The third kappa shape index (κ3) is 4.17. The van der Waals surface area contributed by atoms with Crippen LogP contribution in [0.2, 0.25) is 0 Å². The van der Waals surface area contributed by atoms with Crippen molar-refractivity contribution in [3.8, 4) is 11.5 Å². The van der Waals surface area contributed by atoms with E-state index in [0.29, 0.717) is 30.2 Å². The Morgan fingerprint density at radius 2 is 1.77 bits per heavy atom. The van der Waals surface area contributed by atoms with Gasteiger partial charge in [0.1, 0.15) is 28.7 Å². The zero-order valence-corrected chi connectivity index (χ0v) is 18.9. The van der Waals surface area contributed by atoms with Gasteiger partial charge in [0.05, 0.1) is 59.2 Å². The molecular formula is C23H32N5O3+. The van der Waals surface area contributed by atoms with Crippen molar-refractivity contribution in [2.45, 2.75) is 26.8 Å². The molecule has 2 aliphatic heterocycles. The fourth-order valence-corrected chi connectivity index (χ4v) is 4.56. The van der Waals surface area contributed by atoms with E-state index in [1.54, 1.807) is 31.3 Å². The highest BCUT2D eigenvalue weighted by Crippen LogP contribution is 2.33. The molecule has 0 radical (unpaired) electrons. The maximum absolute atomic E-state index is 13.5. The van der Waals surface area contributed by atoms with Crippen LogP contribution in [0.1, 0.15) is 34.4 Å². The largest absolute Gasteiger partial charge is 0.496 e. The number of hydrogen-bond donors (Lipinski definition) is 1. The number of anilines is 1. The van der Waals surface area contributed by atoms with E-state index in [9.17, 15) is 4.79 Å². The van der Waals surface area contributed by atoms with Gasteiger partial charge in [0.2, 0.25) is 0 Å². The Labute approximate surface area is 183 Å². The fourth-order valence-electron chi connectivity index (χ4n) is 4.56. The van der Waals surface area contributed by atoms with E-state index in [1.807, 2.05) is 17.9 Å². The highest BCUT2D eigenvalue weighted by atomic mass is 16.5. The van der Waals surface area contributed by atoms with Gasteiger partial charge in [-0.25, -0.2) is 9.97 Å². The van der Waals surface area contributed by atoms with Gasteiger partial charge in [0.25, 0.3) is 5.91 Å². The summed E-state index contributed by atoms with van der Waals surface area (Å²) in [6, 6.07) is 5.41. The highest BCUT2D eigenvalue weighted by molar-refractivity contribution is 6.00. The molecule has 1 fully saturated rings. The van der Waals surface area contributed by atoms with Crippen molar-refractivity contribution >= 4 is 11.7 Å². The van der Waals surface area contributed by atoms with Crippen LogP contribution in [0.4, 0.5) is 5.82 Å². The van der Waals surface area contributed by atoms with Crippen molar-refractivity contribution in [2.24, 2.45) is 0 Å². The number of quaternary nitrogens is 1. The van der Waals surface area contributed by atoms with E-state index in [1.165, 1.54) is 0 Å². The number of aromatic nitrogens is 2. The lowest BCUT2D eigenvalue weighted by Crippen LogP contribution is -3.14. The van der Waals surface area contributed by atoms with Gasteiger partial charge in [-0.3, -0.25) is 4.79 Å². The van der Waals surface area contributed by atoms with E-state index < -0.39 is 0 Å². The molecule has 1 aromatic heterocycles. The number of amides is 1.